The van der Waals surface area contributed by atoms with E-state index in [4.69, 9.17) is 17.2 Å². The Bertz CT molecular complexity index is 349. The van der Waals surface area contributed by atoms with Gasteiger partial charge in [-0.3, -0.25) is 0 Å². The summed E-state index contributed by atoms with van der Waals surface area (Å²) in [6.45, 7) is 9.56. The van der Waals surface area contributed by atoms with Crippen LogP contribution < -0.4 is 17.2 Å². The maximum absolute atomic E-state index is 5.64. The van der Waals surface area contributed by atoms with Crippen LogP contribution in [0.5, 0.6) is 0 Å². The number of nitrogens with two attached hydrogens (primary N) is 3. The Morgan fingerprint density at radius 1 is 1.26 bits per heavy atom. The molecule has 0 unspecified atom stereocenters. The van der Waals surface area contributed by atoms with E-state index < -0.39 is 0 Å². The lowest BCUT2D eigenvalue weighted by molar-refractivity contribution is 0.931. The van der Waals surface area contributed by atoms with E-state index in [1.165, 1.54) is 12.4 Å². The average molecular weight is 264 g/mol. The topological polar surface area (TPSA) is 90.4 Å². The second kappa shape index (κ2) is 14.1. The highest BCUT2D eigenvalue weighted by Gasteiger charge is 1.97. The summed E-state index contributed by atoms with van der Waals surface area (Å²) in [4.78, 5) is 3.90. The zero-order valence-corrected chi connectivity index (χ0v) is 12.4. The van der Waals surface area contributed by atoms with Crippen LogP contribution in [0.3, 0.4) is 0 Å². The van der Waals surface area contributed by atoms with E-state index in [0.29, 0.717) is 5.84 Å². The Morgan fingerprint density at radius 3 is 2.26 bits per heavy atom. The monoisotopic (exact) mass is 264 g/mol. The third kappa shape index (κ3) is 12.3. The molecule has 0 saturated heterocycles. The Kier molecular flexibility index (Phi) is 14.4. The Hall–Kier alpha value is -1.97. The lowest BCUT2D eigenvalue weighted by Gasteiger charge is -2.02. The summed E-state index contributed by atoms with van der Waals surface area (Å²) < 4.78 is 0. The molecule has 0 heterocycles. The number of nitrogens with zero attached hydrogens (tertiary/aromatic N) is 1. The molecule has 0 saturated carbocycles. The molecule has 0 atom stereocenters. The highest BCUT2D eigenvalue weighted by molar-refractivity contribution is 5.97. The molecule has 4 nitrogen and oxygen atoms in total. The second-order valence-electron chi connectivity index (χ2n) is 3.74. The fourth-order valence-corrected chi connectivity index (χ4v) is 1.17. The first kappa shape index (κ1) is 19.4. The molecule has 0 aliphatic heterocycles. The summed E-state index contributed by atoms with van der Waals surface area (Å²) in [5.41, 5.74) is 18.1. The van der Waals surface area contributed by atoms with Gasteiger partial charge in [0.15, 0.2) is 0 Å². The van der Waals surface area contributed by atoms with Crippen molar-refractivity contribution in [2.45, 2.75) is 40.0 Å². The third-order valence-corrected chi connectivity index (χ3v) is 2.26. The molecular weight excluding hydrogens is 236 g/mol. The summed E-state index contributed by atoms with van der Waals surface area (Å²) in [5.74, 6) is 0.587. The molecule has 0 radical (unpaired) electrons. The van der Waals surface area contributed by atoms with Gasteiger partial charge in [0.05, 0.1) is 0 Å². The molecule has 0 fully saturated rings. The van der Waals surface area contributed by atoms with Gasteiger partial charge in [-0.2, -0.15) is 0 Å². The van der Waals surface area contributed by atoms with Gasteiger partial charge in [0.2, 0.25) is 0 Å². The minimum Gasteiger partial charge on any atom is -0.405 e. The van der Waals surface area contributed by atoms with Crippen molar-refractivity contribution in [3.05, 3.63) is 48.5 Å². The van der Waals surface area contributed by atoms with Crippen LogP contribution in [0.4, 0.5) is 0 Å². The normalized spacial score (nSPS) is 13.1. The number of rotatable bonds is 6. The van der Waals surface area contributed by atoms with Crippen LogP contribution in [0.2, 0.25) is 0 Å². The standard InChI is InChI=1S/C9H16N2.C6H12N2/c1-4-7-8(5-2)9(10)11-6-3;1-2-6(8)4-3-5-7/h5-6H,3-4,7H2,1-2H3,(H2,10,11);3-5H,2,7-8H2,1H3/b8-5-;5-3-,6-4-. The largest absolute Gasteiger partial charge is 0.405 e. The Labute approximate surface area is 117 Å². The number of amidine groups is 1. The Morgan fingerprint density at radius 2 is 1.89 bits per heavy atom. The van der Waals surface area contributed by atoms with Crippen molar-refractivity contribution >= 4 is 5.84 Å². The van der Waals surface area contributed by atoms with Gasteiger partial charge in [-0.15, -0.1) is 0 Å². The van der Waals surface area contributed by atoms with Gasteiger partial charge in [-0.25, -0.2) is 4.99 Å². The van der Waals surface area contributed by atoms with Crippen molar-refractivity contribution in [1.82, 2.24) is 0 Å². The van der Waals surface area contributed by atoms with Crippen LogP contribution in [0, 0.1) is 0 Å². The quantitative estimate of drug-likeness (QED) is 0.391. The third-order valence-electron chi connectivity index (χ3n) is 2.26. The molecule has 4 heteroatoms. The van der Waals surface area contributed by atoms with Gasteiger partial charge in [0.1, 0.15) is 5.84 Å². The van der Waals surface area contributed by atoms with E-state index in [2.05, 4.69) is 18.5 Å². The number of aliphatic imine (C=N–C) groups is 1. The first-order valence-corrected chi connectivity index (χ1v) is 6.49. The molecule has 0 bridgehead atoms. The molecule has 0 aliphatic carbocycles. The van der Waals surface area contributed by atoms with Crippen LogP contribution >= 0.6 is 0 Å². The first-order valence-electron chi connectivity index (χ1n) is 6.49. The second-order valence-corrected chi connectivity index (χ2v) is 3.74. The molecule has 0 aromatic heterocycles. The first-order chi connectivity index (χ1) is 9.06. The molecular formula is C15H28N4. The number of hydrogen-bond donors (Lipinski definition) is 3. The van der Waals surface area contributed by atoms with Crippen LogP contribution in [0.15, 0.2) is 53.5 Å². The van der Waals surface area contributed by atoms with Gasteiger partial charge in [-0.1, -0.05) is 32.9 Å². The smallest absolute Gasteiger partial charge is 0.126 e. The fourth-order valence-electron chi connectivity index (χ4n) is 1.17. The highest BCUT2D eigenvalue weighted by atomic mass is 14.8. The summed E-state index contributed by atoms with van der Waals surface area (Å²) in [5, 5.41) is 0. The van der Waals surface area contributed by atoms with Crippen molar-refractivity contribution < 1.29 is 0 Å². The molecule has 0 aromatic carbocycles. The van der Waals surface area contributed by atoms with Crippen LogP contribution in [-0.4, -0.2) is 5.84 Å². The molecule has 19 heavy (non-hydrogen) atoms. The average Bonchev–Trinajstić information content (AvgIpc) is 2.42. The molecule has 6 N–H and O–H groups in total. The lowest BCUT2D eigenvalue weighted by Crippen LogP contribution is -2.14. The van der Waals surface area contributed by atoms with E-state index in [1.54, 1.807) is 12.2 Å². The van der Waals surface area contributed by atoms with Crippen LogP contribution in [0.1, 0.15) is 40.0 Å². The molecule has 108 valence electrons. The van der Waals surface area contributed by atoms with Gasteiger partial charge < -0.3 is 17.2 Å². The summed E-state index contributed by atoms with van der Waals surface area (Å²) >= 11 is 0. The lowest BCUT2D eigenvalue weighted by atomic mass is 10.1. The van der Waals surface area contributed by atoms with Crippen LogP contribution in [0.25, 0.3) is 0 Å². The SMILES string of the molecule is C=CN=C(N)/C(=C\C)CCC.CC/C(N)=C/C=C\N. The van der Waals surface area contributed by atoms with Gasteiger partial charge in [-0.05, 0) is 43.7 Å². The van der Waals surface area contributed by atoms with Gasteiger partial charge in [0, 0.05) is 11.9 Å². The predicted molar refractivity (Wildman–Crippen MR) is 86.4 cm³/mol. The van der Waals surface area contributed by atoms with E-state index in [9.17, 15) is 0 Å². The van der Waals surface area contributed by atoms with Crippen LogP contribution in [-0.2, 0) is 0 Å². The highest BCUT2D eigenvalue weighted by Crippen LogP contribution is 2.04. The van der Waals surface area contributed by atoms with E-state index in [-0.39, 0.29) is 0 Å². The number of allylic oxidation sites excluding steroid dienone is 4. The molecule has 0 amide bonds. The zero-order chi connectivity index (χ0) is 15.1. The summed E-state index contributed by atoms with van der Waals surface area (Å²) in [7, 11) is 0. The van der Waals surface area contributed by atoms with Crippen molar-refractivity contribution in [2.75, 3.05) is 0 Å². The van der Waals surface area contributed by atoms with Crippen molar-refractivity contribution in [3.63, 3.8) is 0 Å². The number of hydrogen-bond acceptors (Lipinski definition) is 3. The molecule has 0 spiro atoms. The van der Waals surface area contributed by atoms with Crippen molar-refractivity contribution in [2.24, 2.45) is 22.2 Å². The predicted octanol–water partition coefficient (Wildman–Crippen LogP) is 2.94. The van der Waals surface area contributed by atoms with Crippen molar-refractivity contribution in [3.8, 4) is 0 Å². The van der Waals surface area contributed by atoms with E-state index >= 15 is 0 Å². The molecule has 0 rings (SSSR count). The van der Waals surface area contributed by atoms with E-state index in [1.807, 2.05) is 19.9 Å². The molecule has 0 aliphatic rings. The maximum atomic E-state index is 5.64. The van der Waals surface area contributed by atoms with Crippen molar-refractivity contribution in [1.29, 1.82) is 0 Å². The zero-order valence-electron chi connectivity index (χ0n) is 12.4. The summed E-state index contributed by atoms with van der Waals surface area (Å²) in [6.07, 6.45) is 11.4. The molecule has 0 aromatic rings. The Balaban J connectivity index is 0. The minimum absolute atomic E-state index is 0.587. The minimum atomic E-state index is 0.587. The summed E-state index contributed by atoms with van der Waals surface area (Å²) in [6, 6.07) is 0. The van der Waals surface area contributed by atoms with Gasteiger partial charge in [0.25, 0.3) is 0 Å². The fraction of sp³-hybridized carbons (Fsp3) is 0.400. The van der Waals surface area contributed by atoms with E-state index in [0.717, 1.165) is 30.5 Å². The van der Waals surface area contributed by atoms with Gasteiger partial charge >= 0.3 is 0 Å². The maximum Gasteiger partial charge on any atom is 0.126 e.